The number of nitriles is 1. The van der Waals surface area contributed by atoms with Gasteiger partial charge in [0.25, 0.3) is 5.91 Å². The first kappa shape index (κ1) is 19.4. The molecule has 0 spiro atoms. The second-order valence-corrected chi connectivity index (χ2v) is 6.86. The topological polar surface area (TPSA) is 59.4 Å². The third kappa shape index (κ3) is 4.49. The van der Waals surface area contributed by atoms with Crippen LogP contribution < -0.4 is 10.2 Å². The number of carbonyl (C=O) groups is 1. The summed E-state index contributed by atoms with van der Waals surface area (Å²) in [5, 5.41) is 12.0. The van der Waals surface area contributed by atoms with Crippen molar-refractivity contribution in [1.82, 2.24) is 4.90 Å². The van der Waals surface area contributed by atoms with Crippen LogP contribution in [0.25, 0.3) is 0 Å². The summed E-state index contributed by atoms with van der Waals surface area (Å²) < 4.78 is 13.0. The molecule has 2 aromatic rings. The van der Waals surface area contributed by atoms with Crippen LogP contribution in [0.2, 0.25) is 0 Å². The Kier molecular flexibility index (Phi) is 5.95. The molecule has 1 amide bonds. The van der Waals surface area contributed by atoms with Crippen LogP contribution in [-0.4, -0.2) is 37.0 Å². The molecule has 1 heterocycles. The standard InChI is InChI=1S/C22H23FN4O/c1-16-4-3-5-21(17(16)2)27-12-10-26(11-13-27)15-18(14-24)22(28)25-20-8-6-19(23)7-9-20/h3-9,15H,10-13H2,1-2H3,(H,25,28)/b18-15-. The van der Waals surface area contributed by atoms with E-state index in [1.807, 2.05) is 11.0 Å². The van der Waals surface area contributed by atoms with E-state index in [-0.39, 0.29) is 11.4 Å². The number of rotatable bonds is 4. The van der Waals surface area contributed by atoms with Gasteiger partial charge in [0.05, 0.1) is 0 Å². The number of aryl methyl sites for hydroxylation is 1. The number of hydrogen-bond acceptors (Lipinski definition) is 4. The van der Waals surface area contributed by atoms with Crippen LogP contribution in [0.3, 0.4) is 0 Å². The summed E-state index contributed by atoms with van der Waals surface area (Å²) in [6, 6.07) is 13.7. The van der Waals surface area contributed by atoms with E-state index in [0.29, 0.717) is 5.69 Å². The lowest BCUT2D eigenvalue weighted by Gasteiger charge is -2.36. The lowest BCUT2D eigenvalue weighted by Crippen LogP contribution is -2.44. The Morgan fingerprint density at radius 1 is 1.11 bits per heavy atom. The zero-order chi connectivity index (χ0) is 20.1. The molecule has 3 rings (SSSR count). The van der Waals surface area contributed by atoms with E-state index >= 15 is 0 Å². The van der Waals surface area contributed by atoms with E-state index in [4.69, 9.17) is 0 Å². The second kappa shape index (κ2) is 8.57. The second-order valence-electron chi connectivity index (χ2n) is 6.86. The van der Waals surface area contributed by atoms with Crippen molar-refractivity contribution in [1.29, 1.82) is 5.26 Å². The maximum atomic E-state index is 13.0. The highest BCUT2D eigenvalue weighted by atomic mass is 19.1. The molecule has 1 saturated heterocycles. The Morgan fingerprint density at radius 3 is 2.43 bits per heavy atom. The molecule has 1 aliphatic heterocycles. The van der Waals surface area contributed by atoms with E-state index in [9.17, 15) is 14.4 Å². The predicted molar refractivity (Wildman–Crippen MR) is 108 cm³/mol. The number of amides is 1. The molecule has 144 valence electrons. The summed E-state index contributed by atoms with van der Waals surface area (Å²) in [5.41, 5.74) is 4.27. The molecule has 1 fully saturated rings. The molecule has 0 atom stereocenters. The third-order valence-electron chi connectivity index (χ3n) is 5.01. The monoisotopic (exact) mass is 378 g/mol. The van der Waals surface area contributed by atoms with Crippen molar-refractivity contribution in [2.45, 2.75) is 13.8 Å². The Labute approximate surface area is 164 Å². The first-order valence-electron chi connectivity index (χ1n) is 9.22. The van der Waals surface area contributed by atoms with Gasteiger partial charge in [-0.25, -0.2) is 4.39 Å². The number of halogens is 1. The van der Waals surface area contributed by atoms with Gasteiger partial charge in [-0.2, -0.15) is 5.26 Å². The summed E-state index contributed by atoms with van der Waals surface area (Å²) in [5.74, 6) is -0.873. The highest BCUT2D eigenvalue weighted by Crippen LogP contribution is 2.24. The van der Waals surface area contributed by atoms with Gasteiger partial charge in [-0.05, 0) is 55.3 Å². The molecule has 0 saturated carbocycles. The fraction of sp³-hybridized carbons (Fsp3) is 0.273. The number of nitrogens with zero attached hydrogens (tertiary/aromatic N) is 3. The molecular formula is C22H23FN4O. The Bertz CT molecular complexity index is 923. The van der Waals surface area contributed by atoms with Crippen LogP contribution in [0.5, 0.6) is 0 Å². The smallest absolute Gasteiger partial charge is 0.267 e. The number of piperazine rings is 1. The van der Waals surface area contributed by atoms with Crippen LogP contribution in [0, 0.1) is 31.0 Å². The summed E-state index contributed by atoms with van der Waals surface area (Å²) in [4.78, 5) is 16.7. The number of benzene rings is 2. The molecule has 28 heavy (non-hydrogen) atoms. The maximum absolute atomic E-state index is 13.0. The maximum Gasteiger partial charge on any atom is 0.267 e. The molecule has 0 aromatic heterocycles. The van der Waals surface area contributed by atoms with Crippen molar-refractivity contribution in [2.75, 3.05) is 36.4 Å². The Balaban J connectivity index is 1.63. The quantitative estimate of drug-likeness (QED) is 0.652. The molecule has 6 heteroatoms. The lowest BCUT2D eigenvalue weighted by atomic mass is 10.1. The number of hydrogen-bond donors (Lipinski definition) is 1. The molecule has 0 unspecified atom stereocenters. The first-order valence-corrected chi connectivity index (χ1v) is 9.22. The summed E-state index contributed by atoms with van der Waals surface area (Å²) in [6.07, 6.45) is 1.61. The van der Waals surface area contributed by atoms with Gasteiger partial charge in [-0.15, -0.1) is 0 Å². The van der Waals surface area contributed by atoms with Gasteiger partial charge in [0.15, 0.2) is 0 Å². The lowest BCUT2D eigenvalue weighted by molar-refractivity contribution is -0.112. The number of nitrogens with one attached hydrogen (secondary N) is 1. The van der Waals surface area contributed by atoms with Crippen molar-refractivity contribution >= 4 is 17.3 Å². The minimum Gasteiger partial charge on any atom is -0.373 e. The molecule has 2 aromatic carbocycles. The number of anilines is 2. The van der Waals surface area contributed by atoms with Gasteiger partial charge in [0.1, 0.15) is 17.5 Å². The summed E-state index contributed by atoms with van der Waals surface area (Å²) >= 11 is 0. The molecule has 1 aliphatic rings. The van der Waals surface area contributed by atoms with Crippen molar-refractivity contribution in [3.05, 3.63) is 71.2 Å². The molecule has 1 N–H and O–H groups in total. The fourth-order valence-corrected chi connectivity index (χ4v) is 3.22. The van der Waals surface area contributed by atoms with E-state index in [1.165, 1.54) is 41.1 Å². The highest BCUT2D eigenvalue weighted by Gasteiger charge is 2.19. The summed E-state index contributed by atoms with van der Waals surface area (Å²) in [7, 11) is 0. The van der Waals surface area contributed by atoms with Gasteiger partial charge >= 0.3 is 0 Å². The average molecular weight is 378 g/mol. The van der Waals surface area contributed by atoms with Crippen LogP contribution >= 0.6 is 0 Å². The first-order chi connectivity index (χ1) is 13.5. The summed E-state index contributed by atoms with van der Waals surface area (Å²) in [6.45, 7) is 7.32. The average Bonchev–Trinajstić information content (AvgIpc) is 2.70. The van der Waals surface area contributed by atoms with Crippen molar-refractivity contribution in [3.8, 4) is 6.07 Å². The zero-order valence-electron chi connectivity index (χ0n) is 16.1. The number of carbonyl (C=O) groups excluding carboxylic acids is 1. The predicted octanol–water partition coefficient (Wildman–Crippen LogP) is 3.61. The zero-order valence-corrected chi connectivity index (χ0v) is 16.1. The molecule has 5 nitrogen and oxygen atoms in total. The highest BCUT2D eigenvalue weighted by molar-refractivity contribution is 6.06. The van der Waals surface area contributed by atoms with Gasteiger partial charge in [0, 0.05) is 43.8 Å². The fourth-order valence-electron chi connectivity index (χ4n) is 3.22. The molecule has 0 radical (unpaired) electrons. The van der Waals surface area contributed by atoms with Gasteiger partial charge in [0.2, 0.25) is 0 Å². The Morgan fingerprint density at radius 2 is 1.79 bits per heavy atom. The molecule has 0 aliphatic carbocycles. The van der Waals surface area contributed by atoms with Crippen molar-refractivity contribution in [3.63, 3.8) is 0 Å². The largest absolute Gasteiger partial charge is 0.373 e. The van der Waals surface area contributed by atoms with Gasteiger partial charge in [-0.1, -0.05) is 12.1 Å². The van der Waals surface area contributed by atoms with Gasteiger partial charge < -0.3 is 15.1 Å². The van der Waals surface area contributed by atoms with E-state index in [1.54, 1.807) is 6.20 Å². The van der Waals surface area contributed by atoms with Crippen LogP contribution in [-0.2, 0) is 4.79 Å². The Hall–Kier alpha value is -3.33. The van der Waals surface area contributed by atoms with E-state index < -0.39 is 5.91 Å². The minimum absolute atomic E-state index is 0.0320. The van der Waals surface area contributed by atoms with E-state index in [2.05, 4.69) is 42.3 Å². The van der Waals surface area contributed by atoms with Crippen LogP contribution in [0.4, 0.5) is 15.8 Å². The minimum atomic E-state index is -0.494. The van der Waals surface area contributed by atoms with Crippen molar-refractivity contribution in [2.24, 2.45) is 0 Å². The SMILES string of the molecule is Cc1cccc(N2CCN(/C=C(/C#N)C(=O)Nc3ccc(F)cc3)CC2)c1C. The third-order valence-corrected chi connectivity index (χ3v) is 5.01. The van der Waals surface area contributed by atoms with Crippen molar-refractivity contribution < 1.29 is 9.18 Å². The normalized spacial score (nSPS) is 14.6. The molecule has 0 bridgehead atoms. The van der Waals surface area contributed by atoms with Crippen LogP contribution in [0.15, 0.2) is 54.2 Å². The van der Waals surface area contributed by atoms with Crippen LogP contribution in [0.1, 0.15) is 11.1 Å². The van der Waals surface area contributed by atoms with Gasteiger partial charge in [-0.3, -0.25) is 4.79 Å². The molecular weight excluding hydrogens is 355 g/mol. The van der Waals surface area contributed by atoms with E-state index in [0.717, 1.165) is 26.2 Å².